The van der Waals surface area contributed by atoms with Crippen molar-refractivity contribution in [3.63, 3.8) is 0 Å². The van der Waals surface area contributed by atoms with Crippen LogP contribution in [0.1, 0.15) is 43.0 Å². The van der Waals surface area contributed by atoms with Crippen LogP contribution in [-0.4, -0.2) is 36.8 Å². The molecule has 0 bridgehead atoms. The van der Waals surface area contributed by atoms with Crippen LogP contribution in [0.15, 0.2) is 18.2 Å². The van der Waals surface area contributed by atoms with Crippen molar-refractivity contribution < 1.29 is 24.2 Å². The molecule has 0 aliphatic heterocycles. The molecular weight excluding hydrogens is 298 g/mol. The normalized spacial score (nSPS) is 20.8. The number of nitrogens with one attached hydrogen (secondary N) is 1. The average molecular weight is 321 g/mol. The summed E-state index contributed by atoms with van der Waals surface area (Å²) in [4.78, 5) is 23.0. The molecule has 0 aromatic heterocycles. The first kappa shape index (κ1) is 17.3. The number of aromatic carboxylic acids is 1. The highest BCUT2D eigenvalue weighted by Crippen LogP contribution is 2.27. The lowest BCUT2D eigenvalue weighted by molar-refractivity contribution is -0.124. The van der Waals surface area contributed by atoms with Gasteiger partial charge in [0.25, 0.3) is 0 Å². The van der Waals surface area contributed by atoms with Gasteiger partial charge in [0, 0.05) is 0 Å². The summed E-state index contributed by atoms with van der Waals surface area (Å²) in [6, 6.07) is 4.32. The van der Waals surface area contributed by atoms with E-state index in [-0.39, 0.29) is 24.2 Å². The molecule has 0 saturated heterocycles. The van der Waals surface area contributed by atoms with E-state index in [1.54, 1.807) is 0 Å². The van der Waals surface area contributed by atoms with Crippen LogP contribution in [0.3, 0.4) is 0 Å². The number of carboxylic acids is 1. The number of anilines is 1. The molecule has 2 N–H and O–H groups in total. The molecule has 23 heavy (non-hydrogen) atoms. The Morgan fingerprint density at radius 1 is 1.30 bits per heavy atom. The Kier molecular flexibility index (Phi) is 5.98. The highest BCUT2D eigenvalue weighted by molar-refractivity contribution is 5.95. The van der Waals surface area contributed by atoms with Crippen LogP contribution < -0.4 is 10.1 Å². The zero-order valence-corrected chi connectivity index (χ0v) is 13.5. The topological polar surface area (TPSA) is 84.9 Å². The second-order valence-electron chi connectivity index (χ2n) is 5.88. The number of carbonyl (C=O) groups is 2. The first-order chi connectivity index (χ1) is 11.0. The predicted molar refractivity (Wildman–Crippen MR) is 86.0 cm³/mol. The van der Waals surface area contributed by atoms with Gasteiger partial charge in [-0.15, -0.1) is 0 Å². The fourth-order valence-corrected chi connectivity index (χ4v) is 2.83. The zero-order chi connectivity index (χ0) is 16.8. The van der Waals surface area contributed by atoms with E-state index in [4.69, 9.17) is 14.6 Å². The molecule has 1 aliphatic rings. The van der Waals surface area contributed by atoms with E-state index in [0.29, 0.717) is 17.4 Å². The van der Waals surface area contributed by atoms with Crippen LogP contribution in [0.25, 0.3) is 0 Å². The Morgan fingerprint density at radius 3 is 2.70 bits per heavy atom. The number of carbonyl (C=O) groups excluding carboxylic acids is 1. The number of rotatable bonds is 6. The molecule has 1 amide bonds. The summed E-state index contributed by atoms with van der Waals surface area (Å²) in [7, 11) is 1.43. The highest BCUT2D eigenvalue weighted by atomic mass is 16.5. The van der Waals surface area contributed by atoms with Crippen LogP contribution >= 0.6 is 0 Å². The number of hydrogen-bond donors (Lipinski definition) is 2. The standard InChI is InChI=1S/C17H23NO5/c1-11-5-3-4-6-14(11)23-10-16(19)18-13-8-7-12(17(20)21)9-15(13)22-2/h7-9,11,14H,3-6,10H2,1-2H3,(H,18,19)(H,20,21). The van der Waals surface area contributed by atoms with E-state index in [2.05, 4.69) is 12.2 Å². The molecule has 2 unspecified atom stereocenters. The molecule has 6 heteroatoms. The van der Waals surface area contributed by atoms with Gasteiger partial charge in [0.2, 0.25) is 5.91 Å². The Bertz CT molecular complexity index is 572. The highest BCUT2D eigenvalue weighted by Gasteiger charge is 2.22. The molecule has 0 heterocycles. The van der Waals surface area contributed by atoms with Gasteiger partial charge in [0.15, 0.2) is 0 Å². The Morgan fingerprint density at radius 2 is 2.04 bits per heavy atom. The van der Waals surface area contributed by atoms with Gasteiger partial charge < -0.3 is 19.9 Å². The summed E-state index contributed by atoms with van der Waals surface area (Å²) < 4.78 is 10.8. The molecule has 1 aliphatic carbocycles. The van der Waals surface area contributed by atoms with Crippen molar-refractivity contribution >= 4 is 17.6 Å². The summed E-state index contributed by atoms with van der Waals surface area (Å²) in [5.41, 5.74) is 0.537. The summed E-state index contributed by atoms with van der Waals surface area (Å²) in [6.45, 7) is 2.13. The second-order valence-corrected chi connectivity index (χ2v) is 5.88. The maximum Gasteiger partial charge on any atom is 0.335 e. The number of benzene rings is 1. The smallest absolute Gasteiger partial charge is 0.335 e. The fraction of sp³-hybridized carbons (Fsp3) is 0.529. The van der Waals surface area contributed by atoms with Gasteiger partial charge in [-0.05, 0) is 37.0 Å². The van der Waals surface area contributed by atoms with Crippen molar-refractivity contribution in [3.8, 4) is 5.75 Å². The van der Waals surface area contributed by atoms with Crippen molar-refractivity contribution in [1.82, 2.24) is 0 Å². The second kappa shape index (κ2) is 7.97. The quantitative estimate of drug-likeness (QED) is 0.841. The monoisotopic (exact) mass is 321 g/mol. The summed E-state index contributed by atoms with van der Waals surface area (Å²) in [6.07, 6.45) is 4.62. The van der Waals surface area contributed by atoms with Gasteiger partial charge >= 0.3 is 5.97 Å². The minimum atomic E-state index is -1.05. The van der Waals surface area contributed by atoms with E-state index >= 15 is 0 Å². The number of carboxylic acid groups (broad SMARTS) is 1. The number of hydrogen-bond acceptors (Lipinski definition) is 4. The lowest BCUT2D eigenvalue weighted by Crippen LogP contribution is -2.29. The molecule has 2 rings (SSSR count). The van der Waals surface area contributed by atoms with E-state index < -0.39 is 5.97 Å². The third kappa shape index (κ3) is 4.69. The Balaban J connectivity index is 1.93. The first-order valence-corrected chi connectivity index (χ1v) is 7.84. The van der Waals surface area contributed by atoms with Crippen LogP contribution in [-0.2, 0) is 9.53 Å². The third-order valence-electron chi connectivity index (χ3n) is 4.18. The maximum atomic E-state index is 12.0. The van der Waals surface area contributed by atoms with Crippen molar-refractivity contribution in [2.45, 2.75) is 38.7 Å². The summed E-state index contributed by atoms with van der Waals surface area (Å²) in [5, 5.41) is 11.7. The van der Waals surface area contributed by atoms with Gasteiger partial charge in [-0.2, -0.15) is 0 Å². The van der Waals surface area contributed by atoms with E-state index in [0.717, 1.165) is 19.3 Å². The summed E-state index contributed by atoms with van der Waals surface area (Å²) in [5.74, 6) is -0.537. The Hall–Kier alpha value is -2.08. The summed E-state index contributed by atoms with van der Waals surface area (Å²) >= 11 is 0. The Labute approximate surface area is 135 Å². The molecular formula is C17H23NO5. The van der Waals surface area contributed by atoms with Gasteiger partial charge in [-0.1, -0.05) is 19.8 Å². The molecule has 1 fully saturated rings. The molecule has 1 aromatic carbocycles. The molecule has 2 atom stereocenters. The zero-order valence-electron chi connectivity index (χ0n) is 13.5. The van der Waals surface area contributed by atoms with Crippen molar-refractivity contribution in [2.75, 3.05) is 19.0 Å². The number of amides is 1. The van der Waals surface area contributed by atoms with E-state index in [9.17, 15) is 9.59 Å². The fourth-order valence-electron chi connectivity index (χ4n) is 2.83. The lowest BCUT2D eigenvalue weighted by atomic mass is 9.88. The van der Waals surface area contributed by atoms with E-state index in [1.807, 2.05) is 0 Å². The van der Waals surface area contributed by atoms with Crippen molar-refractivity contribution in [1.29, 1.82) is 0 Å². The van der Waals surface area contributed by atoms with Gasteiger partial charge in [-0.3, -0.25) is 4.79 Å². The molecule has 6 nitrogen and oxygen atoms in total. The average Bonchev–Trinajstić information content (AvgIpc) is 2.54. The number of methoxy groups -OCH3 is 1. The molecule has 1 aromatic rings. The van der Waals surface area contributed by atoms with Crippen LogP contribution in [0, 0.1) is 5.92 Å². The first-order valence-electron chi connectivity index (χ1n) is 7.84. The molecule has 0 spiro atoms. The maximum absolute atomic E-state index is 12.0. The molecule has 0 radical (unpaired) electrons. The van der Waals surface area contributed by atoms with Gasteiger partial charge in [-0.25, -0.2) is 4.79 Å². The van der Waals surface area contributed by atoms with Gasteiger partial charge in [0.05, 0.1) is 24.5 Å². The minimum absolute atomic E-state index is 0.0150. The largest absolute Gasteiger partial charge is 0.495 e. The lowest BCUT2D eigenvalue weighted by Gasteiger charge is -2.28. The molecule has 1 saturated carbocycles. The number of ether oxygens (including phenoxy) is 2. The van der Waals surface area contributed by atoms with Crippen molar-refractivity contribution in [3.05, 3.63) is 23.8 Å². The van der Waals surface area contributed by atoms with E-state index in [1.165, 1.54) is 31.7 Å². The van der Waals surface area contributed by atoms with Crippen LogP contribution in [0.2, 0.25) is 0 Å². The third-order valence-corrected chi connectivity index (χ3v) is 4.18. The molecule has 126 valence electrons. The van der Waals surface area contributed by atoms with Crippen LogP contribution in [0.4, 0.5) is 5.69 Å². The minimum Gasteiger partial charge on any atom is -0.495 e. The van der Waals surface area contributed by atoms with Gasteiger partial charge in [0.1, 0.15) is 12.4 Å². The SMILES string of the molecule is COc1cc(C(=O)O)ccc1NC(=O)COC1CCCCC1C. The van der Waals surface area contributed by atoms with Crippen LogP contribution in [0.5, 0.6) is 5.75 Å². The van der Waals surface area contributed by atoms with Crippen molar-refractivity contribution in [2.24, 2.45) is 5.92 Å². The predicted octanol–water partition coefficient (Wildman–Crippen LogP) is 2.93.